The SMILES string of the molecule is CCc1cnc(Nc2ccc(-c3nc(C)c[nH]3)c(OC)c2)nc1-c1ccc(C(F)(F)F)cc1. The Hall–Kier alpha value is -3.88. The minimum atomic E-state index is -4.38. The molecule has 2 N–H and O–H groups in total. The first-order chi connectivity index (χ1) is 15.8. The second-order valence-corrected chi connectivity index (χ2v) is 7.43. The Labute approximate surface area is 188 Å². The van der Waals surface area contributed by atoms with Gasteiger partial charge >= 0.3 is 6.18 Å². The van der Waals surface area contributed by atoms with E-state index in [0.717, 1.165) is 29.0 Å². The van der Waals surface area contributed by atoms with Crippen LogP contribution in [-0.4, -0.2) is 27.0 Å². The molecule has 0 spiro atoms. The van der Waals surface area contributed by atoms with Gasteiger partial charge in [-0.3, -0.25) is 0 Å². The Balaban J connectivity index is 1.64. The van der Waals surface area contributed by atoms with Crippen LogP contribution in [-0.2, 0) is 12.6 Å². The van der Waals surface area contributed by atoms with Crippen LogP contribution < -0.4 is 10.1 Å². The van der Waals surface area contributed by atoms with Gasteiger partial charge in [-0.25, -0.2) is 15.0 Å². The van der Waals surface area contributed by atoms with E-state index in [1.54, 1.807) is 13.3 Å². The van der Waals surface area contributed by atoms with Gasteiger partial charge in [0.25, 0.3) is 0 Å². The maximum absolute atomic E-state index is 12.9. The van der Waals surface area contributed by atoms with E-state index in [2.05, 4.69) is 25.3 Å². The minimum absolute atomic E-state index is 0.325. The Morgan fingerprint density at radius 3 is 2.42 bits per heavy atom. The molecule has 9 heteroatoms. The minimum Gasteiger partial charge on any atom is -0.496 e. The normalized spacial score (nSPS) is 11.5. The van der Waals surface area contributed by atoms with Crippen LogP contribution in [0.15, 0.2) is 54.9 Å². The lowest BCUT2D eigenvalue weighted by Crippen LogP contribution is -2.05. The van der Waals surface area contributed by atoms with Crippen molar-refractivity contribution in [3.63, 3.8) is 0 Å². The molecule has 6 nitrogen and oxygen atoms in total. The second-order valence-electron chi connectivity index (χ2n) is 7.43. The van der Waals surface area contributed by atoms with Crippen LogP contribution in [0.25, 0.3) is 22.6 Å². The first-order valence-electron chi connectivity index (χ1n) is 10.3. The molecule has 0 aliphatic heterocycles. The van der Waals surface area contributed by atoms with Crippen LogP contribution in [0.2, 0.25) is 0 Å². The van der Waals surface area contributed by atoms with Crippen molar-refractivity contribution in [2.75, 3.05) is 12.4 Å². The smallest absolute Gasteiger partial charge is 0.416 e. The lowest BCUT2D eigenvalue weighted by Gasteiger charge is -2.13. The average molecular weight is 453 g/mol. The molecule has 0 radical (unpaired) electrons. The van der Waals surface area contributed by atoms with Gasteiger partial charge in [0.15, 0.2) is 0 Å². The summed E-state index contributed by atoms with van der Waals surface area (Å²) in [5, 5.41) is 3.15. The van der Waals surface area contributed by atoms with Gasteiger partial charge in [-0.05, 0) is 43.2 Å². The molecule has 4 rings (SSSR count). The predicted octanol–water partition coefficient (Wildman–Crippen LogP) is 6.18. The quantitative estimate of drug-likeness (QED) is 0.365. The number of anilines is 2. The number of aryl methyl sites for hydroxylation is 2. The number of H-pyrrole nitrogens is 1. The number of benzene rings is 2. The van der Waals surface area contributed by atoms with Gasteiger partial charge in [-0.15, -0.1) is 0 Å². The van der Waals surface area contributed by atoms with Crippen molar-refractivity contribution in [2.24, 2.45) is 0 Å². The molecule has 0 unspecified atom stereocenters. The van der Waals surface area contributed by atoms with Crippen molar-refractivity contribution < 1.29 is 17.9 Å². The Morgan fingerprint density at radius 2 is 1.82 bits per heavy atom. The molecule has 2 heterocycles. The number of hydrogen-bond donors (Lipinski definition) is 2. The Morgan fingerprint density at radius 1 is 1.06 bits per heavy atom. The van der Waals surface area contributed by atoms with Crippen molar-refractivity contribution in [3.05, 3.63) is 71.7 Å². The molecule has 0 amide bonds. The van der Waals surface area contributed by atoms with Crippen molar-refractivity contribution >= 4 is 11.6 Å². The standard InChI is InChI=1S/C24H22F3N5O/c1-4-15-13-29-23(32-21(15)16-5-7-17(8-6-16)24(25,26)27)31-18-9-10-19(20(11-18)33-3)22-28-12-14(2)30-22/h5-13H,4H2,1-3H3,(H,28,30)(H,29,31,32). The fourth-order valence-electron chi connectivity index (χ4n) is 3.44. The zero-order chi connectivity index (χ0) is 23.6. The fourth-order valence-corrected chi connectivity index (χ4v) is 3.44. The third-order valence-corrected chi connectivity index (χ3v) is 5.15. The van der Waals surface area contributed by atoms with E-state index in [0.29, 0.717) is 40.9 Å². The number of aromatic nitrogens is 4. The molecule has 0 atom stereocenters. The fraction of sp³-hybridized carbons (Fsp3) is 0.208. The number of halogens is 3. The molecule has 0 bridgehead atoms. The monoisotopic (exact) mass is 453 g/mol. The van der Waals surface area contributed by atoms with Crippen molar-refractivity contribution in [2.45, 2.75) is 26.4 Å². The van der Waals surface area contributed by atoms with E-state index >= 15 is 0 Å². The second kappa shape index (κ2) is 8.93. The molecular formula is C24H22F3N5O. The Bertz CT molecular complexity index is 1270. The molecule has 0 saturated heterocycles. The molecular weight excluding hydrogens is 431 g/mol. The number of rotatable bonds is 6. The average Bonchev–Trinajstić information content (AvgIpc) is 3.24. The summed E-state index contributed by atoms with van der Waals surface area (Å²) in [4.78, 5) is 16.5. The summed E-state index contributed by atoms with van der Waals surface area (Å²) < 4.78 is 44.3. The molecule has 0 fully saturated rings. The summed E-state index contributed by atoms with van der Waals surface area (Å²) in [6, 6.07) is 10.5. The summed E-state index contributed by atoms with van der Waals surface area (Å²) in [5.74, 6) is 1.64. The van der Waals surface area contributed by atoms with Crippen molar-refractivity contribution in [3.8, 4) is 28.4 Å². The molecule has 4 aromatic rings. The number of nitrogens with zero attached hydrogens (tertiary/aromatic N) is 3. The van der Waals surface area contributed by atoms with Crippen LogP contribution >= 0.6 is 0 Å². The molecule has 0 aliphatic rings. The number of nitrogens with one attached hydrogen (secondary N) is 2. The number of ether oxygens (including phenoxy) is 1. The Kier molecular flexibility index (Phi) is 6.04. The van der Waals surface area contributed by atoms with Crippen LogP contribution in [0.1, 0.15) is 23.7 Å². The summed E-state index contributed by atoms with van der Waals surface area (Å²) in [5.41, 5.74) is 3.68. The van der Waals surface area contributed by atoms with Crippen molar-refractivity contribution in [1.29, 1.82) is 0 Å². The molecule has 2 aromatic heterocycles. The van der Waals surface area contributed by atoms with Crippen LogP contribution in [0, 0.1) is 6.92 Å². The topological polar surface area (TPSA) is 75.7 Å². The van der Waals surface area contributed by atoms with Gasteiger partial charge in [-0.1, -0.05) is 19.1 Å². The van der Waals surface area contributed by atoms with E-state index in [1.165, 1.54) is 12.1 Å². The molecule has 0 aliphatic carbocycles. The van der Waals surface area contributed by atoms with Gasteiger partial charge < -0.3 is 15.0 Å². The summed E-state index contributed by atoms with van der Waals surface area (Å²) >= 11 is 0. The van der Waals surface area contributed by atoms with E-state index in [4.69, 9.17) is 4.74 Å². The van der Waals surface area contributed by atoms with Gasteiger partial charge in [0.05, 0.1) is 29.6 Å². The largest absolute Gasteiger partial charge is 0.496 e. The number of hydrogen-bond acceptors (Lipinski definition) is 5. The summed E-state index contributed by atoms with van der Waals surface area (Å²) in [7, 11) is 1.58. The van der Waals surface area contributed by atoms with E-state index in [-0.39, 0.29) is 0 Å². The third kappa shape index (κ3) is 4.82. The summed E-state index contributed by atoms with van der Waals surface area (Å²) in [6.07, 6.45) is -0.252. The highest BCUT2D eigenvalue weighted by atomic mass is 19.4. The van der Waals surface area contributed by atoms with Gasteiger partial charge in [-0.2, -0.15) is 13.2 Å². The maximum Gasteiger partial charge on any atom is 0.416 e. The van der Waals surface area contributed by atoms with Crippen LogP contribution in [0.5, 0.6) is 5.75 Å². The maximum atomic E-state index is 12.9. The lowest BCUT2D eigenvalue weighted by molar-refractivity contribution is -0.137. The predicted molar refractivity (Wildman–Crippen MR) is 120 cm³/mol. The van der Waals surface area contributed by atoms with E-state index < -0.39 is 11.7 Å². The lowest BCUT2D eigenvalue weighted by atomic mass is 10.0. The molecule has 170 valence electrons. The highest BCUT2D eigenvalue weighted by Gasteiger charge is 2.30. The van der Waals surface area contributed by atoms with Gasteiger partial charge in [0.1, 0.15) is 11.6 Å². The van der Waals surface area contributed by atoms with Gasteiger partial charge in [0, 0.05) is 29.7 Å². The zero-order valence-electron chi connectivity index (χ0n) is 18.3. The highest BCUT2D eigenvalue weighted by molar-refractivity contribution is 5.71. The molecule has 0 saturated carbocycles. The van der Waals surface area contributed by atoms with Crippen molar-refractivity contribution in [1.82, 2.24) is 19.9 Å². The number of methoxy groups -OCH3 is 1. The first kappa shape index (κ1) is 22.3. The zero-order valence-corrected chi connectivity index (χ0v) is 18.3. The number of alkyl halides is 3. The number of aromatic amines is 1. The highest BCUT2D eigenvalue weighted by Crippen LogP contribution is 2.33. The first-order valence-corrected chi connectivity index (χ1v) is 10.3. The van der Waals surface area contributed by atoms with E-state index in [9.17, 15) is 13.2 Å². The number of imidazole rings is 1. The summed E-state index contributed by atoms with van der Waals surface area (Å²) in [6.45, 7) is 3.84. The molecule has 2 aromatic carbocycles. The van der Waals surface area contributed by atoms with Gasteiger partial charge in [0.2, 0.25) is 5.95 Å². The van der Waals surface area contributed by atoms with Crippen LogP contribution in [0.3, 0.4) is 0 Å². The third-order valence-electron chi connectivity index (χ3n) is 5.15. The van der Waals surface area contributed by atoms with E-state index in [1.807, 2.05) is 38.2 Å². The van der Waals surface area contributed by atoms with Crippen LogP contribution in [0.4, 0.5) is 24.8 Å². The molecule has 33 heavy (non-hydrogen) atoms.